The molecule has 0 saturated carbocycles. The molecule has 2 aliphatic rings. The molecule has 3 amide bonds. The van der Waals surface area contributed by atoms with Gasteiger partial charge in [0.1, 0.15) is 17.5 Å². The maximum atomic E-state index is 13.0. The van der Waals surface area contributed by atoms with E-state index in [1.165, 1.54) is 0 Å². The number of fused-ring (bicyclic) bond motifs is 3. The van der Waals surface area contributed by atoms with E-state index in [1.54, 1.807) is 36.6 Å². The van der Waals surface area contributed by atoms with Gasteiger partial charge in [-0.2, -0.15) is 0 Å². The number of rotatable bonds is 5. The lowest BCUT2D eigenvalue weighted by atomic mass is 10.0. The molecule has 0 aliphatic carbocycles. The number of aliphatic hydroxyl groups excluding tert-OH is 1. The zero-order chi connectivity index (χ0) is 19.9. The van der Waals surface area contributed by atoms with E-state index in [9.17, 15) is 14.4 Å². The number of nitrogens with zero attached hydrogens (tertiary/aromatic N) is 1. The van der Waals surface area contributed by atoms with E-state index in [2.05, 4.69) is 10.6 Å². The van der Waals surface area contributed by atoms with Crippen molar-refractivity contribution in [3.63, 3.8) is 0 Å². The molecule has 1 aromatic carbocycles. The van der Waals surface area contributed by atoms with Crippen molar-refractivity contribution in [2.24, 2.45) is 0 Å². The number of carbonyl (C=O) groups is 3. The molecule has 0 radical (unpaired) electrons. The lowest BCUT2D eigenvalue weighted by molar-refractivity contribution is -0.131. The molecule has 3 N–H and O–H groups in total. The van der Waals surface area contributed by atoms with E-state index in [0.29, 0.717) is 5.56 Å². The molecule has 0 unspecified atom stereocenters. The molecule has 27 heavy (non-hydrogen) atoms. The van der Waals surface area contributed by atoms with Crippen LogP contribution >= 0.6 is 11.8 Å². The first-order valence-corrected chi connectivity index (χ1v) is 9.86. The molecular weight excluding hydrogens is 366 g/mol. The second-order valence-corrected chi connectivity index (χ2v) is 9.33. The van der Waals surface area contributed by atoms with Crippen LogP contribution in [0.5, 0.6) is 0 Å². The Kier molecular flexibility index (Phi) is 5.22. The Bertz CT molecular complexity index is 782. The lowest BCUT2D eigenvalue weighted by Gasteiger charge is -2.30. The third-order valence-corrected chi connectivity index (χ3v) is 6.49. The average molecular weight is 391 g/mol. The Balaban J connectivity index is 1.79. The van der Waals surface area contributed by atoms with Gasteiger partial charge in [-0.1, -0.05) is 18.2 Å². The van der Waals surface area contributed by atoms with Gasteiger partial charge in [-0.05, 0) is 39.3 Å². The number of carbonyl (C=O) groups excluding carboxylic acids is 3. The summed E-state index contributed by atoms with van der Waals surface area (Å²) in [7, 11) is 0. The van der Waals surface area contributed by atoms with E-state index in [-0.39, 0.29) is 29.7 Å². The first-order chi connectivity index (χ1) is 12.7. The summed E-state index contributed by atoms with van der Waals surface area (Å²) in [6.07, 6.45) is 0. The number of hydrogen-bond acceptors (Lipinski definition) is 5. The van der Waals surface area contributed by atoms with Crippen molar-refractivity contribution in [1.29, 1.82) is 0 Å². The van der Waals surface area contributed by atoms with E-state index < -0.39 is 22.9 Å². The molecule has 2 heterocycles. The van der Waals surface area contributed by atoms with Crippen LogP contribution in [-0.2, 0) is 9.59 Å². The second-order valence-electron chi connectivity index (χ2n) is 7.60. The standard InChI is InChI=1S/C19H25N3O4S/c1-10(9-23)20-15(24)11(2)21-16(25)14-19(3,4)27-18-13-8-6-5-7-12(13)17(26)22(14)18/h5-8,10-11,14,18,23H,9H2,1-4H3,(H,20,24)(H,21,25)/t10-,11-,14+,18+/m0/s1. The normalized spacial score (nSPS) is 24.8. The van der Waals surface area contributed by atoms with Crippen molar-refractivity contribution in [2.45, 2.75) is 55.9 Å². The lowest BCUT2D eigenvalue weighted by Crippen LogP contribution is -2.57. The Morgan fingerprint density at radius 3 is 2.59 bits per heavy atom. The number of thioether (sulfide) groups is 1. The summed E-state index contributed by atoms with van der Waals surface area (Å²) in [5.74, 6) is -0.878. The largest absolute Gasteiger partial charge is 0.394 e. The highest BCUT2D eigenvalue weighted by Gasteiger charge is 2.57. The van der Waals surface area contributed by atoms with Crippen molar-refractivity contribution in [3.8, 4) is 0 Å². The molecule has 8 heteroatoms. The molecular formula is C19H25N3O4S. The number of aliphatic hydroxyl groups is 1. The summed E-state index contributed by atoms with van der Waals surface area (Å²) in [5, 5.41) is 14.2. The third-order valence-electron chi connectivity index (χ3n) is 4.96. The van der Waals surface area contributed by atoms with Gasteiger partial charge in [0, 0.05) is 16.4 Å². The molecule has 3 rings (SSSR count). The van der Waals surface area contributed by atoms with Crippen molar-refractivity contribution >= 4 is 29.5 Å². The molecule has 1 saturated heterocycles. The zero-order valence-electron chi connectivity index (χ0n) is 15.9. The minimum Gasteiger partial charge on any atom is -0.394 e. The van der Waals surface area contributed by atoms with Gasteiger partial charge in [-0.3, -0.25) is 14.4 Å². The highest BCUT2D eigenvalue weighted by atomic mass is 32.2. The van der Waals surface area contributed by atoms with Crippen LogP contribution in [0.15, 0.2) is 24.3 Å². The Hall–Kier alpha value is -2.06. The summed E-state index contributed by atoms with van der Waals surface area (Å²) >= 11 is 1.58. The van der Waals surface area contributed by atoms with Gasteiger partial charge in [-0.15, -0.1) is 11.8 Å². The maximum Gasteiger partial charge on any atom is 0.256 e. The van der Waals surface area contributed by atoms with Crippen molar-refractivity contribution in [3.05, 3.63) is 35.4 Å². The van der Waals surface area contributed by atoms with Gasteiger partial charge < -0.3 is 20.6 Å². The van der Waals surface area contributed by atoms with E-state index in [4.69, 9.17) is 5.11 Å². The predicted octanol–water partition coefficient (Wildman–Crippen LogP) is 1.04. The van der Waals surface area contributed by atoms with Crippen molar-refractivity contribution < 1.29 is 19.5 Å². The molecule has 0 bridgehead atoms. The van der Waals surface area contributed by atoms with Crippen LogP contribution < -0.4 is 10.6 Å². The first kappa shape index (κ1) is 19.7. The Morgan fingerprint density at radius 1 is 1.26 bits per heavy atom. The Morgan fingerprint density at radius 2 is 1.93 bits per heavy atom. The van der Waals surface area contributed by atoms with Crippen molar-refractivity contribution in [2.75, 3.05) is 6.61 Å². The van der Waals surface area contributed by atoms with E-state index >= 15 is 0 Å². The maximum absolute atomic E-state index is 13.0. The molecule has 146 valence electrons. The molecule has 1 fully saturated rings. The highest BCUT2D eigenvalue weighted by molar-refractivity contribution is 8.01. The fraction of sp³-hybridized carbons (Fsp3) is 0.526. The van der Waals surface area contributed by atoms with Crippen LogP contribution in [0.4, 0.5) is 0 Å². The molecule has 0 aromatic heterocycles. The van der Waals surface area contributed by atoms with Crippen LogP contribution in [0.1, 0.15) is 49.0 Å². The molecule has 1 aromatic rings. The summed E-state index contributed by atoms with van der Waals surface area (Å²) in [6, 6.07) is 5.57. The topological polar surface area (TPSA) is 98.7 Å². The first-order valence-electron chi connectivity index (χ1n) is 8.98. The summed E-state index contributed by atoms with van der Waals surface area (Å²) in [4.78, 5) is 39.7. The molecule has 7 nitrogen and oxygen atoms in total. The van der Waals surface area contributed by atoms with Crippen LogP contribution in [-0.4, -0.2) is 57.2 Å². The minimum absolute atomic E-state index is 0.153. The van der Waals surface area contributed by atoms with Crippen molar-refractivity contribution in [1.82, 2.24) is 15.5 Å². The number of hydrogen-bond donors (Lipinski definition) is 3. The molecule has 0 spiro atoms. The minimum atomic E-state index is -0.772. The van der Waals surface area contributed by atoms with Crippen LogP contribution in [0.25, 0.3) is 0 Å². The molecule has 2 aliphatic heterocycles. The monoisotopic (exact) mass is 391 g/mol. The predicted molar refractivity (Wildman–Crippen MR) is 103 cm³/mol. The fourth-order valence-corrected chi connectivity index (χ4v) is 5.16. The fourth-order valence-electron chi connectivity index (χ4n) is 3.58. The third kappa shape index (κ3) is 3.43. The van der Waals surface area contributed by atoms with Gasteiger partial charge in [0.15, 0.2) is 0 Å². The summed E-state index contributed by atoms with van der Waals surface area (Å²) < 4.78 is -0.494. The zero-order valence-corrected chi connectivity index (χ0v) is 16.7. The molecule has 4 atom stereocenters. The second kappa shape index (κ2) is 7.16. The Labute approximate surface area is 162 Å². The van der Waals surface area contributed by atoms with Gasteiger partial charge in [-0.25, -0.2) is 0 Å². The van der Waals surface area contributed by atoms with Crippen LogP contribution in [0.2, 0.25) is 0 Å². The van der Waals surface area contributed by atoms with E-state index in [1.807, 2.05) is 32.0 Å². The SMILES string of the molecule is C[C@H](NC(=O)[C@H]1N2C(=O)c3ccccc3[C@H]2SC1(C)C)C(=O)N[C@@H](C)CO. The summed E-state index contributed by atoms with van der Waals surface area (Å²) in [5.41, 5.74) is 1.56. The average Bonchev–Trinajstić information content (AvgIpc) is 3.04. The smallest absolute Gasteiger partial charge is 0.256 e. The van der Waals surface area contributed by atoms with Crippen LogP contribution in [0, 0.1) is 0 Å². The van der Waals surface area contributed by atoms with Gasteiger partial charge >= 0.3 is 0 Å². The van der Waals surface area contributed by atoms with Gasteiger partial charge in [0.05, 0.1) is 6.61 Å². The van der Waals surface area contributed by atoms with Crippen LogP contribution in [0.3, 0.4) is 0 Å². The quantitative estimate of drug-likeness (QED) is 0.697. The number of nitrogens with one attached hydrogen (secondary N) is 2. The van der Waals surface area contributed by atoms with E-state index in [0.717, 1.165) is 5.56 Å². The summed E-state index contributed by atoms with van der Waals surface area (Å²) in [6.45, 7) is 6.96. The van der Waals surface area contributed by atoms with Gasteiger partial charge in [0.25, 0.3) is 5.91 Å². The number of amides is 3. The number of benzene rings is 1. The highest BCUT2D eigenvalue weighted by Crippen LogP contribution is 2.56. The van der Waals surface area contributed by atoms with Gasteiger partial charge in [0.2, 0.25) is 11.8 Å².